The Kier molecular flexibility index (Phi) is 7.17. The third-order valence-electron chi connectivity index (χ3n) is 6.79. The molecule has 0 aromatic heterocycles. The van der Waals surface area contributed by atoms with Crippen molar-refractivity contribution in [3.05, 3.63) is 58.9 Å². The van der Waals surface area contributed by atoms with Crippen LogP contribution < -0.4 is 4.90 Å². The molecule has 0 spiro atoms. The quantitative estimate of drug-likeness (QED) is 0.548. The van der Waals surface area contributed by atoms with Gasteiger partial charge in [0.25, 0.3) is 0 Å². The first-order valence-corrected chi connectivity index (χ1v) is 12.9. The van der Waals surface area contributed by atoms with Gasteiger partial charge in [0.1, 0.15) is 10.7 Å². The molecule has 2 saturated heterocycles. The number of benzene rings is 2. The smallest absolute Gasteiger partial charge is 0.245 e. The minimum atomic E-state index is -3.78. The van der Waals surface area contributed by atoms with Gasteiger partial charge >= 0.3 is 0 Å². The van der Waals surface area contributed by atoms with Crippen molar-refractivity contribution in [1.82, 2.24) is 4.31 Å². The van der Waals surface area contributed by atoms with Crippen molar-refractivity contribution < 1.29 is 17.6 Å². The number of hydrogen-bond donors (Lipinski definition) is 0. The van der Waals surface area contributed by atoms with E-state index >= 15 is 0 Å². The molecular weight excluding hydrogens is 451 g/mol. The van der Waals surface area contributed by atoms with Crippen LogP contribution in [0.4, 0.5) is 10.1 Å². The maximum Gasteiger partial charge on any atom is 0.245 e. The van der Waals surface area contributed by atoms with E-state index in [1.54, 1.807) is 12.1 Å². The summed E-state index contributed by atoms with van der Waals surface area (Å²) in [7, 11) is -3.78. The van der Waals surface area contributed by atoms with Crippen molar-refractivity contribution in [2.75, 3.05) is 31.1 Å². The van der Waals surface area contributed by atoms with E-state index in [4.69, 9.17) is 11.6 Å². The molecular formula is C24H28ClFN2O3S. The second-order valence-electron chi connectivity index (χ2n) is 8.77. The van der Waals surface area contributed by atoms with E-state index in [0.717, 1.165) is 57.2 Å². The number of piperidine rings is 2. The molecule has 5 nitrogen and oxygen atoms in total. The average molecular weight is 479 g/mol. The zero-order valence-corrected chi connectivity index (χ0v) is 19.5. The van der Waals surface area contributed by atoms with Crippen molar-refractivity contribution in [1.29, 1.82) is 0 Å². The van der Waals surface area contributed by atoms with Crippen LogP contribution in [0.1, 0.15) is 42.5 Å². The first kappa shape index (κ1) is 23.2. The average Bonchev–Trinajstić information content (AvgIpc) is 2.80. The zero-order chi connectivity index (χ0) is 22.7. The van der Waals surface area contributed by atoms with E-state index in [-0.39, 0.29) is 4.90 Å². The van der Waals surface area contributed by atoms with Crippen molar-refractivity contribution in [2.24, 2.45) is 11.8 Å². The van der Waals surface area contributed by atoms with Crippen LogP contribution in [0.5, 0.6) is 0 Å². The molecule has 2 aromatic carbocycles. The van der Waals surface area contributed by atoms with Crippen LogP contribution in [0.2, 0.25) is 5.02 Å². The van der Waals surface area contributed by atoms with Crippen molar-refractivity contribution in [3.63, 3.8) is 0 Å². The highest BCUT2D eigenvalue weighted by atomic mass is 35.5. The highest BCUT2D eigenvalue weighted by molar-refractivity contribution is 7.89. The van der Waals surface area contributed by atoms with Gasteiger partial charge in [-0.3, -0.25) is 4.79 Å². The Bertz CT molecular complexity index is 1060. The van der Waals surface area contributed by atoms with E-state index in [1.165, 1.54) is 22.5 Å². The molecule has 0 aliphatic carbocycles. The Hall–Kier alpha value is -1.96. The molecule has 0 radical (unpaired) electrons. The second-order valence-corrected chi connectivity index (χ2v) is 11.1. The topological polar surface area (TPSA) is 57.7 Å². The van der Waals surface area contributed by atoms with Crippen LogP contribution in [0.25, 0.3) is 0 Å². The lowest BCUT2D eigenvalue weighted by Crippen LogP contribution is -2.40. The fourth-order valence-corrected chi connectivity index (χ4v) is 6.64. The van der Waals surface area contributed by atoms with Gasteiger partial charge in [0, 0.05) is 37.4 Å². The summed E-state index contributed by atoms with van der Waals surface area (Å²) in [5.74, 6) is 0.430. The van der Waals surface area contributed by atoms with Crippen LogP contribution >= 0.6 is 11.6 Å². The maximum atomic E-state index is 14.0. The van der Waals surface area contributed by atoms with E-state index in [2.05, 4.69) is 4.90 Å². The molecule has 172 valence electrons. The number of nitrogens with zero attached hydrogens (tertiary/aromatic N) is 2. The van der Waals surface area contributed by atoms with Crippen molar-refractivity contribution >= 4 is 33.6 Å². The lowest BCUT2D eigenvalue weighted by molar-refractivity contribution is 0.112. The molecule has 0 bridgehead atoms. The fraction of sp³-hybridized carbons (Fsp3) is 0.458. The number of rotatable bonds is 6. The van der Waals surface area contributed by atoms with Crippen LogP contribution in [0.3, 0.4) is 0 Å². The van der Waals surface area contributed by atoms with Gasteiger partial charge in [0.05, 0.1) is 5.02 Å². The van der Waals surface area contributed by atoms with Crippen molar-refractivity contribution in [2.45, 2.75) is 37.0 Å². The summed E-state index contributed by atoms with van der Waals surface area (Å²) in [6, 6.07) is 11.2. The van der Waals surface area contributed by atoms with E-state index in [1.807, 2.05) is 12.1 Å². The lowest BCUT2D eigenvalue weighted by atomic mass is 9.83. The van der Waals surface area contributed by atoms with Gasteiger partial charge in [-0.1, -0.05) is 23.7 Å². The highest BCUT2D eigenvalue weighted by Gasteiger charge is 2.32. The molecule has 4 rings (SSSR count). The SMILES string of the molecule is O=Cc1ccc(N2CCC(CC3CCN(S(=O)(=O)c4ccccc4F)CC3)CC2)cc1Cl. The number of aldehydes is 1. The van der Waals surface area contributed by atoms with Crippen molar-refractivity contribution in [3.8, 4) is 0 Å². The molecule has 0 N–H and O–H groups in total. The lowest BCUT2D eigenvalue weighted by Gasteiger charge is -2.37. The predicted molar refractivity (Wildman–Crippen MR) is 124 cm³/mol. The summed E-state index contributed by atoms with van der Waals surface area (Å²) in [6.45, 7) is 2.79. The Balaban J connectivity index is 1.27. The molecule has 0 saturated carbocycles. The first-order chi connectivity index (χ1) is 15.4. The maximum absolute atomic E-state index is 14.0. The number of hydrogen-bond acceptors (Lipinski definition) is 4. The number of anilines is 1. The third kappa shape index (κ3) is 5.00. The molecule has 0 amide bonds. The number of carbonyl (C=O) groups is 1. The van der Waals surface area contributed by atoms with E-state index < -0.39 is 15.8 Å². The second kappa shape index (κ2) is 9.89. The summed E-state index contributed by atoms with van der Waals surface area (Å²) < 4.78 is 41.0. The molecule has 8 heteroatoms. The number of halogens is 2. The van der Waals surface area contributed by atoms with E-state index in [9.17, 15) is 17.6 Å². The standard InChI is InChI=1S/C24H28ClFN2O3S/c25-22-16-21(6-5-20(22)17-29)27-11-7-18(8-12-27)15-19-9-13-28(14-10-19)32(30,31)24-4-2-1-3-23(24)26/h1-6,16-19H,7-15H2. The molecule has 2 fully saturated rings. The molecule has 0 unspecified atom stereocenters. The number of sulfonamides is 1. The molecule has 0 atom stereocenters. The van der Waals surface area contributed by atoms with Gasteiger partial charge in [-0.05, 0) is 74.3 Å². The molecule has 2 aliphatic rings. The minimum Gasteiger partial charge on any atom is -0.371 e. The monoisotopic (exact) mass is 478 g/mol. The summed E-state index contributed by atoms with van der Waals surface area (Å²) in [5.41, 5.74) is 1.55. The molecule has 2 aliphatic heterocycles. The van der Waals surface area contributed by atoms with Crippen LogP contribution in [-0.4, -0.2) is 45.2 Å². The molecule has 2 heterocycles. The van der Waals surface area contributed by atoms with Gasteiger partial charge in [0.2, 0.25) is 10.0 Å². The number of carbonyl (C=O) groups excluding carboxylic acids is 1. The fourth-order valence-electron chi connectivity index (χ4n) is 4.88. The molecule has 32 heavy (non-hydrogen) atoms. The molecule has 2 aromatic rings. The van der Waals surface area contributed by atoms with Crippen LogP contribution in [0.15, 0.2) is 47.4 Å². The summed E-state index contributed by atoms with van der Waals surface area (Å²) >= 11 is 6.17. The Morgan fingerprint density at radius 3 is 2.19 bits per heavy atom. The predicted octanol–water partition coefficient (Wildman–Crippen LogP) is 5.00. The third-order valence-corrected chi connectivity index (χ3v) is 9.04. The van der Waals surface area contributed by atoms with Crippen LogP contribution in [-0.2, 0) is 10.0 Å². The Morgan fingerprint density at radius 2 is 1.59 bits per heavy atom. The normalized spacial score (nSPS) is 19.2. The van der Waals surface area contributed by atoms with E-state index in [0.29, 0.717) is 35.5 Å². The largest absolute Gasteiger partial charge is 0.371 e. The summed E-state index contributed by atoms with van der Waals surface area (Å²) in [4.78, 5) is 13.0. The van der Waals surface area contributed by atoms with Crippen LogP contribution in [0, 0.1) is 17.7 Å². The Morgan fingerprint density at radius 1 is 0.969 bits per heavy atom. The first-order valence-electron chi connectivity index (χ1n) is 11.1. The highest BCUT2D eigenvalue weighted by Crippen LogP contribution is 2.33. The van der Waals surface area contributed by atoms with Gasteiger partial charge < -0.3 is 4.90 Å². The van der Waals surface area contributed by atoms with Gasteiger partial charge in [-0.25, -0.2) is 12.8 Å². The summed E-state index contributed by atoms with van der Waals surface area (Å²) in [6.07, 6.45) is 5.67. The van der Waals surface area contributed by atoms with Gasteiger partial charge in [0.15, 0.2) is 6.29 Å². The van der Waals surface area contributed by atoms with Gasteiger partial charge in [-0.15, -0.1) is 0 Å². The zero-order valence-electron chi connectivity index (χ0n) is 17.9. The Labute approximate surface area is 194 Å². The van der Waals surface area contributed by atoms with Gasteiger partial charge in [-0.2, -0.15) is 4.31 Å². The minimum absolute atomic E-state index is 0.230. The summed E-state index contributed by atoms with van der Waals surface area (Å²) in [5, 5.41) is 0.483.